The fourth-order valence-corrected chi connectivity index (χ4v) is 7.56. The lowest BCUT2D eigenvalue weighted by Gasteiger charge is -2.24. The molecule has 0 unspecified atom stereocenters. The first kappa shape index (κ1) is 30.6. The van der Waals surface area contributed by atoms with Crippen molar-refractivity contribution in [3.05, 3.63) is 187 Å². The van der Waals surface area contributed by atoms with Crippen LogP contribution >= 0.6 is 0 Å². The highest BCUT2D eigenvalue weighted by atomic mass is 15.0. The number of fused-ring (bicyclic) bond motifs is 3. The summed E-state index contributed by atoms with van der Waals surface area (Å²) in [4.78, 5) is 15.2. The predicted octanol–water partition coefficient (Wildman–Crippen LogP) is 12.2. The van der Waals surface area contributed by atoms with Crippen molar-refractivity contribution in [1.29, 1.82) is 0 Å². The van der Waals surface area contributed by atoms with Gasteiger partial charge in [0.1, 0.15) is 0 Å². The molecule has 0 bridgehead atoms. The van der Waals surface area contributed by atoms with Crippen molar-refractivity contribution >= 4 is 0 Å². The van der Waals surface area contributed by atoms with Gasteiger partial charge >= 0.3 is 0 Å². The van der Waals surface area contributed by atoms with Crippen molar-refractivity contribution in [1.82, 2.24) is 15.0 Å². The Labute approximate surface area is 299 Å². The summed E-state index contributed by atoms with van der Waals surface area (Å²) >= 11 is 0. The average molecular weight is 654 g/mol. The summed E-state index contributed by atoms with van der Waals surface area (Å²) in [5.41, 5.74) is 14.9. The SMILES string of the molecule is CC1(C)c2cc(-c3cc(-c4ccccc4)cc(-c4ccccc4)c3)ccc2-c2cccc(-c3nc(-c4ccccc4)nc(-c4ccccc4)n3)c21. The molecule has 0 atom stereocenters. The fourth-order valence-electron chi connectivity index (χ4n) is 7.56. The molecule has 242 valence electrons. The Hall–Kier alpha value is -6.45. The van der Waals surface area contributed by atoms with Gasteiger partial charge in [-0.3, -0.25) is 0 Å². The third-order valence-corrected chi connectivity index (χ3v) is 10.1. The largest absolute Gasteiger partial charge is 0.208 e. The third-order valence-electron chi connectivity index (χ3n) is 10.1. The van der Waals surface area contributed by atoms with Gasteiger partial charge in [-0.25, -0.2) is 15.0 Å². The number of aromatic nitrogens is 3. The van der Waals surface area contributed by atoms with E-state index in [1.807, 2.05) is 36.4 Å². The third kappa shape index (κ3) is 5.53. The van der Waals surface area contributed by atoms with Gasteiger partial charge in [0, 0.05) is 22.1 Å². The van der Waals surface area contributed by atoms with Crippen LogP contribution in [0.25, 0.3) is 78.7 Å². The molecule has 0 radical (unpaired) electrons. The molecule has 1 aliphatic carbocycles. The van der Waals surface area contributed by atoms with Gasteiger partial charge in [0.25, 0.3) is 0 Å². The lowest BCUT2D eigenvalue weighted by Crippen LogP contribution is -2.17. The molecule has 0 amide bonds. The molecule has 8 aromatic rings. The van der Waals surface area contributed by atoms with Crippen LogP contribution < -0.4 is 0 Å². The second kappa shape index (κ2) is 12.5. The minimum absolute atomic E-state index is 0.303. The van der Waals surface area contributed by atoms with E-state index in [-0.39, 0.29) is 5.41 Å². The average Bonchev–Trinajstić information content (AvgIpc) is 3.44. The lowest BCUT2D eigenvalue weighted by atomic mass is 9.79. The minimum atomic E-state index is -0.303. The molecule has 0 N–H and O–H groups in total. The molecule has 0 spiro atoms. The summed E-state index contributed by atoms with van der Waals surface area (Å²) in [5.74, 6) is 2.02. The molecular weight excluding hydrogens is 619 g/mol. The highest BCUT2D eigenvalue weighted by Gasteiger charge is 2.38. The quantitative estimate of drug-likeness (QED) is 0.179. The van der Waals surface area contributed by atoms with Crippen molar-refractivity contribution < 1.29 is 0 Å². The molecule has 9 rings (SSSR count). The zero-order valence-corrected chi connectivity index (χ0v) is 28.6. The van der Waals surface area contributed by atoms with Gasteiger partial charge in [-0.1, -0.05) is 166 Å². The maximum Gasteiger partial charge on any atom is 0.164 e. The molecule has 0 aliphatic heterocycles. The van der Waals surface area contributed by atoms with E-state index in [9.17, 15) is 0 Å². The molecule has 1 heterocycles. The Morgan fingerprint density at radius 3 is 1.25 bits per heavy atom. The fraction of sp³-hybridized carbons (Fsp3) is 0.0625. The van der Waals surface area contributed by atoms with Crippen LogP contribution in [0.2, 0.25) is 0 Å². The Bertz CT molecular complexity index is 2410. The van der Waals surface area contributed by atoms with Crippen LogP contribution in [0.4, 0.5) is 0 Å². The van der Waals surface area contributed by atoms with Gasteiger partial charge in [-0.15, -0.1) is 0 Å². The maximum atomic E-state index is 5.13. The molecule has 3 heteroatoms. The summed E-state index contributed by atoms with van der Waals surface area (Å²) in [5, 5.41) is 0. The Balaban J connectivity index is 1.19. The number of hydrogen-bond donors (Lipinski definition) is 0. The topological polar surface area (TPSA) is 38.7 Å². The number of benzene rings is 7. The highest BCUT2D eigenvalue weighted by molar-refractivity contribution is 5.90. The van der Waals surface area contributed by atoms with Crippen molar-refractivity contribution in [2.45, 2.75) is 19.3 Å². The van der Waals surface area contributed by atoms with Crippen molar-refractivity contribution in [2.75, 3.05) is 0 Å². The summed E-state index contributed by atoms with van der Waals surface area (Å²) in [6.45, 7) is 4.66. The van der Waals surface area contributed by atoms with Crippen LogP contribution in [0, 0.1) is 0 Å². The summed E-state index contributed by atoms with van der Waals surface area (Å²) in [6.07, 6.45) is 0. The number of hydrogen-bond acceptors (Lipinski definition) is 3. The molecule has 0 saturated carbocycles. The predicted molar refractivity (Wildman–Crippen MR) is 210 cm³/mol. The minimum Gasteiger partial charge on any atom is -0.208 e. The van der Waals surface area contributed by atoms with Crippen molar-refractivity contribution in [2.24, 2.45) is 0 Å². The van der Waals surface area contributed by atoms with Gasteiger partial charge in [0.15, 0.2) is 17.5 Å². The van der Waals surface area contributed by atoms with E-state index in [2.05, 4.69) is 153 Å². The van der Waals surface area contributed by atoms with Crippen molar-refractivity contribution in [3.63, 3.8) is 0 Å². The van der Waals surface area contributed by atoms with Gasteiger partial charge in [0.05, 0.1) is 0 Å². The van der Waals surface area contributed by atoms with Crippen LogP contribution in [0.1, 0.15) is 25.0 Å². The van der Waals surface area contributed by atoms with Gasteiger partial charge < -0.3 is 0 Å². The van der Waals surface area contributed by atoms with E-state index in [1.54, 1.807) is 0 Å². The second-order valence-electron chi connectivity index (χ2n) is 13.7. The van der Waals surface area contributed by atoms with Crippen LogP contribution in [-0.4, -0.2) is 15.0 Å². The molecular formula is C48H35N3. The highest BCUT2D eigenvalue weighted by Crippen LogP contribution is 2.53. The van der Waals surface area contributed by atoms with E-state index in [0.29, 0.717) is 17.5 Å². The zero-order valence-electron chi connectivity index (χ0n) is 28.6. The second-order valence-corrected chi connectivity index (χ2v) is 13.7. The first-order chi connectivity index (χ1) is 25.0. The standard InChI is InChI=1S/C48H35N3/c1-48(2)43-31-36(39-29-37(32-16-7-3-8-17-32)28-38(30-39)33-18-9-4-10-19-33)26-27-40(43)41-24-15-25-42(44(41)48)47-50-45(34-20-11-5-12-21-34)49-46(51-47)35-22-13-6-14-23-35/h3-31H,1-2H3. The van der Waals surface area contributed by atoms with Crippen LogP contribution in [0.5, 0.6) is 0 Å². The summed E-state index contributed by atoms with van der Waals surface area (Å²) in [7, 11) is 0. The first-order valence-electron chi connectivity index (χ1n) is 17.4. The van der Waals surface area contributed by atoms with E-state index in [1.165, 1.54) is 55.6 Å². The Morgan fingerprint density at radius 1 is 0.314 bits per heavy atom. The molecule has 7 aromatic carbocycles. The van der Waals surface area contributed by atoms with E-state index < -0.39 is 0 Å². The Kier molecular flexibility index (Phi) is 7.48. The lowest BCUT2D eigenvalue weighted by molar-refractivity contribution is 0.661. The molecule has 1 aliphatic rings. The summed E-state index contributed by atoms with van der Waals surface area (Å²) in [6, 6.07) is 62.1. The van der Waals surface area contributed by atoms with Crippen LogP contribution in [0.3, 0.4) is 0 Å². The number of rotatable bonds is 6. The van der Waals surface area contributed by atoms with E-state index in [0.717, 1.165) is 16.7 Å². The van der Waals surface area contributed by atoms with Gasteiger partial charge in [-0.2, -0.15) is 0 Å². The van der Waals surface area contributed by atoms with E-state index in [4.69, 9.17) is 15.0 Å². The first-order valence-corrected chi connectivity index (χ1v) is 17.4. The monoisotopic (exact) mass is 653 g/mol. The van der Waals surface area contributed by atoms with Crippen LogP contribution in [-0.2, 0) is 5.41 Å². The van der Waals surface area contributed by atoms with Crippen molar-refractivity contribution in [3.8, 4) is 78.7 Å². The number of nitrogens with zero attached hydrogens (tertiary/aromatic N) is 3. The van der Waals surface area contributed by atoms with Gasteiger partial charge in [-0.05, 0) is 79.9 Å². The molecule has 3 nitrogen and oxygen atoms in total. The smallest absolute Gasteiger partial charge is 0.164 e. The van der Waals surface area contributed by atoms with Crippen LogP contribution in [0.15, 0.2) is 176 Å². The van der Waals surface area contributed by atoms with E-state index >= 15 is 0 Å². The molecule has 0 fully saturated rings. The zero-order chi connectivity index (χ0) is 34.4. The Morgan fingerprint density at radius 2 is 0.745 bits per heavy atom. The normalized spacial score (nSPS) is 12.7. The van der Waals surface area contributed by atoms with Gasteiger partial charge in [0.2, 0.25) is 0 Å². The maximum absolute atomic E-state index is 5.13. The molecule has 0 saturated heterocycles. The molecule has 1 aromatic heterocycles. The molecule has 51 heavy (non-hydrogen) atoms. The summed E-state index contributed by atoms with van der Waals surface area (Å²) < 4.78 is 0.